The molecule has 1 unspecified atom stereocenters. The molecule has 0 bridgehead atoms. The summed E-state index contributed by atoms with van der Waals surface area (Å²) in [5.74, 6) is 1.16. The summed E-state index contributed by atoms with van der Waals surface area (Å²) in [5.41, 5.74) is 18.4. The van der Waals surface area contributed by atoms with Crippen molar-refractivity contribution in [2.75, 3.05) is 0 Å². The molecular formula is C36H31B7N2. The molecule has 5 aromatic carbocycles. The van der Waals surface area contributed by atoms with Gasteiger partial charge in [-0.05, 0) is 62.2 Å². The second-order valence-corrected chi connectivity index (χ2v) is 12.9. The Morgan fingerprint density at radius 2 is 1.20 bits per heavy atom. The zero-order valence-electron chi connectivity index (χ0n) is 27.2. The van der Waals surface area contributed by atoms with Crippen LogP contribution in [0.15, 0.2) is 119 Å². The second-order valence-electron chi connectivity index (χ2n) is 12.9. The molecule has 2 nitrogen and oxygen atoms in total. The summed E-state index contributed by atoms with van der Waals surface area (Å²) >= 11 is 0. The lowest BCUT2D eigenvalue weighted by Crippen LogP contribution is -2.66. The summed E-state index contributed by atoms with van der Waals surface area (Å²) < 4.78 is 2.39. The van der Waals surface area contributed by atoms with Gasteiger partial charge in [-0.25, -0.2) is 4.98 Å². The molecule has 206 valence electrons. The van der Waals surface area contributed by atoms with Crippen molar-refractivity contribution in [2.45, 2.75) is 0 Å². The maximum Gasteiger partial charge on any atom is 0.146 e. The molecule has 0 radical (unpaired) electrons. The molecule has 0 aliphatic heterocycles. The van der Waals surface area contributed by atoms with Crippen LogP contribution in [0.3, 0.4) is 0 Å². The fourth-order valence-corrected chi connectivity index (χ4v) is 8.10. The third kappa shape index (κ3) is 3.89. The Hall–Kier alpha value is -4.50. The molecule has 9 heteroatoms. The van der Waals surface area contributed by atoms with Crippen molar-refractivity contribution in [1.29, 1.82) is 0 Å². The van der Waals surface area contributed by atoms with Gasteiger partial charge in [-0.3, -0.25) is 4.57 Å². The quantitative estimate of drug-likeness (QED) is 0.204. The van der Waals surface area contributed by atoms with Crippen LogP contribution in [-0.2, 0) is 0 Å². The third-order valence-corrected chi connectivity index (χ3v) is 10.9. The molecule has 8 rings (SSSR count). The van der Waals surface area contributed by atoms with Crippen LogP contribution in [0.5, 0.6) is 0 Å². The standard InChI is InChI=1S/C36H31B7N2/c37-29-24-23(20-14-8-10-17-9-4-5-13-19(17)20)25-27(32(40)35(43)34(42)30(25)38)28(26(24)31(39)33(29)41)36-44-21-15-6-7-16-22(21)45(36)18-11-2-1-3-12-18/h1-16,24H,37-43H2. The van der Waals surface area contributed by atoms with Gasteiger partial charge in [-0.1, -0.05) is 89.2 Å². The van der Waals surface area contributed by atoms with Gasteiger partial charge < -0.3 is 0 Å². The van der Waals surface area contributed by atoms with Crippen molar-refractivity contribution < 1.29 is 0 Å². The van der Waals surface area contributed by atoms with Crippen LogP contribution < -0.4 is 32.3 Å². The van der Waals surface area contributed by atoms with Crippen molar-refractivity contribution in [1.82, 2.24) is 9.55 Å². The maximum absolute atomic E-state index is 5.49. The van der Waals surface area contributed by atoms with Crippen LogP contribution in [0.4, 0.5) is 0 Å². The van der Waals surface area contributed by atoms with Crippen molar-refractivity contribution in [2.24, 2.45) is 5.92 Å². The van der Waals surface area contributed by atoms with E-state index in [9.17, 15) is 0 Å². The van der Waals surface area contributed by atoms with Crippen LogP contribution in [0.1, 0.15) is 11.4 Å². The minimum Gasteiger partial charge on any atom is -0.292 e. The average Bonchev–Trinajstić information content (AvgIpc) is 3.56. The predicted octanol–water partition coefficient (Wildman–Crippen LogP) is -3.38. The van der Waals surface area contributed by atoms with Gasteiger partial charge in [0.1, 0.15) is 60.7 Å². The normalized spacial score (nSPS) is 16.1. The fraction of sp³-hybridized carbons (Fsp3) is 0.0278. The minimum atomic E-state index is 0.141. The average molecular weight is 567 g/mol. The zero-order chi connectivity index (χ0) is 31.1. The molecule has 1 aromatic heterocycles. The number of para-hydroxylation sites is 3. The zero-order valence-corrected chi connectivity index (χ0v) is 27.2. The highest BCUT2D eigenvalue weighted by molar-refractivity contribution is 6.62. The molecule has 0 amide bonds. The van der Waals surface area contributed by atoms with E-state index < -0.39 is 0 Å². The van der Waals surface area contributed by atoms with Gasteiger partial charge >= 0.3 is 0 Å². The molecule has 0 fully saturated rings. The van der Waals surface area contributed by atoms with E-state index in [-0.39, 0.29) is 5.92 Å². The number of allylic oxidation sites excluding steroid dienone is 4. The van der Waals surface area contributed by atoms with E-state index in [4.69, 9.17) is 4.98 Å². The Kier molecular flexibility index (Phi) is 6.39. The van der Waals surface area contributed by atoms with Gasteiger partial charge in [0.15, 0.2) is 0 Å². The third-order valence-electron chi connectivity index (χ3n) is 10.9. The van der Waals surface area contributed by atoms with Crippen molar-refractivity contribution in [3.8, 4) is 5.69 Å². The Bertz CT molecular complexity index is 2450. The largest absolute Gasteiger partial charge is 0.292 e. The molecule has 2 aliphatic carbocycles. The SMILES string of the molecule is BC1=C(B)C2C(=C1B)C(c1nc3ccccc3n1-c1ccccc1)=c1c(B)c(B)c(B)c(B)c1=C2c1cccc2ccccc12. The van der Waals surface area contributed by atoms with Crippen LogP contribution in [0.25, 0.3) is 38.6 Å². The van der Waals surface area contributed by atoms with Crippen LogP contribution in [-0.4, -0.2) is 64.5 Å². The fourth-order valence-electron chi connectivity index (χ4n) is 8.10. The Morgan fingerprint density at radius 1 is 0.556 bits per heavy atom. The van der Waals surface area contributed by atoms with Gasteiger partial charge in [0.2, 0.25) is 0 Å². The summed E-state index contributed by atoms with van der Waals surface area (Å²) in [5, 5.41) is 5.30. The summed E-state index contributed by atoms with van der Waals surface area (Å²) in [6.07, 6.45) is 0. The molecule has 0 N–H and O–H groups in total. The molecule has 0 spiro atoms. The number of nitrogens with zero attached hydrogens (tertiary/aromatic N) is 2. The second kappa shape index (κ2) is 10.3. The topological polar surface area (TPSA) is 17.8 Å². The van der Waals surface area contributed by atoms with Gasteiger partial charge in [-0.15, -0.1) is 21.9 Å². The Balaban J connectivity index is 1.68. The van der Waals surface area contributed by atoms with Crippen molar-refractivity contribution in [3.05, 3.63) is 141 Å². The predicted molar refractivity (Wildman–Crippen MR) is 212 cm³/mol. The van der Waals surface area contributed by atoms with E-state index in [0.717, 1.165) is 22.5 Å². The van der Waals surface area contributed by atoms with Crippen LogP contribution >= 0.6 is 0 Å². The number of hydrogen-bond donors (Lipinski definition) is 0. The van der Waals surface area contributed by atoms with Gasteiger partial charge in [0, 0.05) is 17.2 Å². The van der Waals surface area contributed by atoms with E-state index >= 15 is 0 Å². The van der Waals surface area contributed by atoms with E-state index in [0.29, 0.717) is 0 Å². The number of rotatable bonds is 3. The molecule has 1 heterocycles. The first-order valence-corrected chi connectivity index (χ1v) is 16.0. The number of fused-ring (bicyclic) bond motifs is 4. The lowest BCUT2D eigenvalue weighted by molar-refractivity contribution is 0.979. The lowest BCUT2D eigenvalue weighted by Gasteiger charge is -2.32. The van der Waals surface area contributed by atoms with E-state index in [1.54, 1.807) is 0 Å². The molecular weight excluding hydrogens is 536 g/mol. The van der Waals surface area contributed by atoms with E-state index in [2.05, 4.69) is 157 Å². The summed E-state index contributed by atoms with van der Waals surface area (Å²) in [7, 11) is 16.3. The Morgan fingerprint density at radius 3 is 1.98 bits per heavy atom. The highest BCUT2D eigenvalue weighted by atomic mass is 15.1. The molecule has 6 aromatic rings. The molecule has 2 aliphatic rings. The first-order valence-electron chi connectivity index (χ1n) is 16.0. The highest BCUT2D eigenvalue weighted by Crippen LogP contribution is 2.48. The first kappa shape index (κ1) is 28.0. The summed E-state index contributed by atoms with van der Waals surface area (Å²) in [4.78, 5) is 5.49. The van der Waals surface area contributed by atoms with Gasteiger partial charge in [0.05, 0.1) is 11.0 Å². The number of benzene rings is 5. The lowest BCUT2D eigenvalue weighted by atomic mass is 9.60. The summed E-state index contributed by atoms with van der Waals surface area (Å²) in [6.45, 7) is 0. The molecule has 1 atom stereocenters. The molecule has 0 saturated heterocycles. The highest BCUT2D eigenvalue weighted by Gasteiger charge is 2.39. The van der Waals surface area contributed by atoms with E-state index in [1.807, 2.05) is 0 Å². The van der Waals surface area contributed by atoms with Crippen LogP contribution in [0.2, 0.25) is 0 Å². The smallest absolute Gasteiger partial charge is 0.146 e. The van der Waals surface area contributed by atoms with Gasteiger partial charge in [-0.2, -0.15) is 0 Å². The Labute approximate surface area is 270 Å². The number of imidazole rings is 1. The number of aromatic nitrogens is 2. The molecule has 0 saturated carbocycles. The first-order chi connectivity index (χ1) is 21.8. The van der Waals surface area contributed by atoms with Crippen molar-refractivity contribution >= 4 is 110 Å². The van der Waals surface area contributed by atoms with Gasteiger partial charge in [0.25, 0.3) is 0 Å². The molecule has 45 heavy (non-hydrogen) atoms. The van der Waals surface area contributed by atoms with E-state index in [1.165, 1.54) is 81.8 Å². The summed E-state index contributed by atoms with van der Waals surface area (Å²) in [6, 6.07) is 35.0. The number of hydrogen-bond acceptors (Lipinski definition) is 1. The minimum absolute atomic E-state index is 0.141. The van der Waals surface area contributed by atoms with Crippen molar-refractivity contribution in [3.63, 3.8) is 0 Å². The van der Waals surface area contributed by atoms with Crippen LogP contribution in [0, 0.1) is 5.92 Å². The monoisotopic (exact) mass is 568 g/mol. The maximum atomic E-state index is 5.49.